The molecule has 0 heterocycles. The number of hydrogen-bond donors (Lipinski definition) is 5. The topological polar surface area (TPSA) is 135 Å². The monoisotopic (exact) mass is 624 g/mol. The molecule has 36 heavy (non-hydrogen) atoms. The van der Waals surface area contributed by atoms with Crippen molar-refractivity contribution in [3.05, 3.63) is 0 Å². The van der Waals surface area contributed by atoms with Gasteiger partial charge in [0.05, 0.1) is 6.42 Å². The largest absolute Gasteiger partial charge is 0.460 e. The second-order valence-corrected chi connectivity index (χ2v) is 10.7. The lowest BCUT2D eigenvalue weighted by Gasteiger charge is -2.43. The summed E-state index contributed by atoms with van der Waals surface area (Å²) >= 11 is 0. The summed E-state index contributed by atoms with van der Waals surface area (Å²) in [5.74, 6) is -60.2. The molecule has 0 saturated carbocycles. The zero-order chi connectivity index (χ0) is 30.2. The van der Waals surface area contributed by atoms with Crippen molar-refractivity contribution in [2.75, 3.05) is 0 Å². The Morgan fingerprint density at radius 1 is 0.444 bits per heavy atom. The molecule has 0 aliphatic carbocycles. The Morgan fingerprint density at radius 2 is 0.667 bits per heavy atom. The van der Waals surface area contributed by atoms with Crippen LogP contribution in [-0.4, -0.2) is 77.4 Å². The molecule has 0 saturated heterocycles. The summed E-state index contributed by atoms with van der Waals surface area (Å²) in [6.07, 6.45) is -12.4. The SMILES string of the molecule is O=P(O)(O)C(O)(CC(F)(F)C(F)(F)C(F)(F)C(F)(F)C(F)(F)C(F)(F)C(F)(F)C(F)(F)F)P(=O)(O)O. The molecule has 0 aromatic heterocycles. The van der Waals surface area contributed by atoms with Crippen molar-refractivity contribution in [3.63, 3.8) is 0 Å². The van der Waals surface area contributed by atoms with Crippen molar-refractivity contribution < 1.29 is 108 Å². The lowest BCUT2D eigenvalue weighted by atomic mass is 9.88. The zero-order valence-electron chi connectivity index (χ0n) is 15.6. The molecule has 7 nitrogen and oxygen atoms in total. The summed E-state index contributed by atoms with van der Waals surface area (Å²) in [4.78, 5) is 34.0. The molecule has 0 spiro atoms. The Balaban J connectivity index is 7.06. The van der Waals surface area contributed by atoms with Crippen LogP contribution in [0.5, 0.6) is 0 Å². The fourth-order valence-electron chi connectivity index (χ4n) is 1.98. The van der Waals surface area contributed by atoms with Gasteiger partial charge in [0.15, 0.2) is 0 Å². The van der Waals surface area contributed by atoms with Gasteiger partial charge in [0.1, 0.15) is 0 Å². The molecule has 0 bridgehead atoms. The third-order valence-corrected chi connectivity index (χ3v) is 7.92. The Hall–Kier alpha value is -0.930. The van der Waals surface area contributed by atoms with Crippen LogP contribution in [0.4, 0.5) is 74.6 Å². The molecule has 0 aliphatic rings. The lowest BCUT2D eigenvalue weighted by Crippen LogP contribution is -2.74. The van der Waals surface area contributed by atoms with Crippen LogP contribution in [0.15, 0.2) is 0 Å². The lowest BCUT2D eigenvalue weighted by molar-refractivity contribution is -0.462. The molecule has 0 fully saturated rings. The number of alkyl halides is 17. The van der Waals surface area contributed by atoms with Gasteiger partial charge in [-0.3, -0.25) is 9.13 Å². The normalized spacial score (nSPS) is 16.9. The van der Waals surface area contributed by atoms with E-state index in [9.17, 15) is 83.8 Å². The highest BCUT2D eigenvalue weighted by atomic mass is 31.2. The van der Waals surface area contributed by atoms with Gasteiger partial charge in [0.25, 0.3) is 5.08 Å². The molecular formula is C10H7F17O7P2. The molecule has 0 atom stereocenters. The first-order valence-electron chi connectivity index (χ1n) is 7.51. The van der Waals surface area contributed by atoms with Crippen LogP contribution in [0.25, 0.3) is 0 Å². The van der Waals surface area contributed by atoms with Crippen LogP contribution in [-0.2, 0) is 9.13 Å². The quantitative estimate of drug-likeness (QED) is 0.180. The summed E-state index contributed by atoms with van der Waals surface area (Å²) in [5.41, 5.74) is 0. The van der Waals surface area contributed by atoms with E-state index in [1.54, 1.807) is 0 Å². The molecule has 218 valence electrons. The highest BCUT2D eigenvalue weighted by molar-refractivity contribution is 7.72. The first kappa shape index (κ1) is 35.1. The van der Waals surface area contributed by atoms with Gasteiger partial charge in [0.2, 0.25) is 0 Å². The van der Waals surface area contributed by atoms with Gasteiger partial charge in [-0.05, 0) is 0 Å². The smallest absolute Gasteiger partial charge is 0.367 e. The molecule has 0 radical (unpaired) electrons. The number of rotatable bonds is 10. The highest BCUT2D eigenvalue weighted by Crippen LogP contribution is 2.72. The minimum absolute atomic E-state index is 4.42. The maximum atomic E-state index is 13.7. The Kier molecular flexibility index (Phi) is 8.32. The number of hydrogen-bond acceptors (Lipinski definition) is 3. The summed E-state index contributed by atoms with van der Waals surface area (Å²) in [6.45, 7) is 0. The summed E-state index contributed by atoms with van der Waals surface area (Å²) in [6, 6.07) is 0. The molecular weight excluding hydrogens is 617 g/mol. The molecule has 0 rings (SSSR count). The van der Waals surface area contributed by atoms with E-state index >= 15 is 0 Å². The van der Waals surface area contributed by atoms with Crippen LogP contribution in [0.2, 0.25) is 0 Å². The van der Waals surface area contributed by atoms with E-state index in [-0.39, 0.29) is 0 Å². The highest BCUT2D eigenvalue weighted by Gasteiger charge is 2.95. The van der Waals surface area contributed by atoms with Crippen molar-refractivity contribution in [1.82, 2.24) is 0 Å². The van der Waals surface area contributed by atoms with Gasteiger partial charge in [-0.15, -0.1) is 0 Å². The van der Waals surface area contributed by atoms with Gasteiger partial charge in [-0.1, -0.05) is 0 Å². The van der Waals surface area contributed by atoms with Gasteiger partial charge >= 0.3 is 62.8 Å². The van der Waals surface area contributed by atoms with E-state index in [4.69, 9.17) is 24.7 Å². The third kappa shape index (κ3) is 4.59. The van der Waals surface area contributed by atoms with E-state index in [1.165, 1.54) is 0 Å². The van der Waals surface area contributed by atoms with E-state index in [1.807, 2.05) is 0 Å². The number of aliphatic hydroxyl groups is 1. The molecule has 0 unspecified atom stereocenters. The fourth-order valence-corrected chi connectivity index (χ4v) is 4.15. The summed E-state index contributed by atoms with van der Waals surface area (Å²) in [7, 11) is -14.6. The van der Waals surface area contributed by atoms with Crippen molar-refractivity contribution in [3.8, 4) is 0 Å². The minimum atomic E-state index is -9.02. The molecule has 26 heteroatoms. The average Bonchev–Trinajstić information content (AvgIpc) is 2.57. The van der Waals surface area contributed by atoms with Crippen molar-refractivity contribution >= 4 is 15.2 Å². The van der Waals surface area contributed by atoms with Crippen molar-refractivity contribution in [1.29, 1.82) is 0 Å². The second kappa shape index (κ2) is 8.54. The molecule has 0 amide bonds. The zero-order valence-corrected chi connectivity index (χ0v) is 17.4. The van der Waals surface area contributed by atoms with E-state index in [2.05, 4.69) is 0 Å². The Bertz CT molecular complexity index is 911. The average molecular weight is 624 g/mol. The van der Waals surface area contributed by atoms with Crippen molar-refractivity contribution in [2.24, 2.45) is 0 Å². The maximum absolute atomic E-state index is 13.7. The predicted molar refractivity (Wildman–Crippen MR) is 74.3 cm³/mol. The van der Waals surface area contributed by atoms with Crippen LogP contribution < -0.4 is 0 Å². The summed E-state index contributed by atoms with van der Waals surface area (Å²) < 4.78 is 244. The van der Waals surface area contributed by atoms with E-state index < -0.39 is 74.3 Å². The van der Waals surface area contributed by atoms with Crippen LogP contribution >= 0.6 is 15.2 Å². The standard InChI is InChI=1S/C10H7F17O7P2/c11-2(12,1-3(28,35(29,30)31)36(32,33)34)4(13,14)5(15,16)6(17,18)7(19,20)8(21,22)9(23,24)10(25,26)27/h28H,1H2,(H2,29,30,31)(H2,32,33,34). The predicted octanol–water partition coefficient (Wildman–Crippen LogP) is 4.39. The van der Waals surface area contributed by atoms with E-state index in [0.29, 0.717) is 0 Å². The van der Waals surface area contributed by atoms with Gasteiger partial charge in [-0.2, -0.15) is 74.6 Å². The maximum Gasteiger partial charge on any atom is 0.460 e. The second-order valence-electron chi connectivity index (χ2n) is 6.69. The molecule has 5 N–H and O–H groups in total. The van der Waals surface area contributed by atoms with Gasteiger partial charge in [-0.25, -0.2) is 0 Å². The molecule has 0 aliphatic heterocycles. The van der Waals surface area contributed by atoms with Gasteiger partial charge in [0, 0.05) is 0 Å². The third-order valence-electron chi connectivity index (χ3n) is 4.18. The molecule has 0 aromatic carbocycles. The first-order chi connectivity index (χ1) is 15.0. The number of halogens is 17. The fraction of sp³-hybridized carbons (Fsp3) is 1.00. The minimum Gasteiger partial charge on any atom is -0.367 e. The van der Waals surface area contributed by atoms with E-state index in [0.717, 1.165) is 0 Å². The van der Waals surface area contributed by atoms with Crippen LogP contribution in [0, 0.1) is 0 Å². The Morgan fingerprint density at radius 3 is 0.889 bits per heavy atom. The Labute approximate surface area is 184 Å². The van der Waals surface area contributed by atoms with Gasteiger partial charge < -0.3 is 24.7 Å². The van der Waals surface area contributed by atoms with Crippen LogP contribution in [0.3, 0.4) is 0 Å². The first-order valence-corrected chi connectivity index (χ1v) is 10.7. The molecule has 0 aromatic rings. The van der Waals surface area contributed by atoms with Crippen LogP contribution in [0.1, 0.15) is 6.42 Å². The van der Waals surface area contributed by atoms with Crippen molar-refractivity contribution in [2.45, 2.75) is 59.1 Å². The summed E-state index contributed by atoms with van der Waals surface area (Å²) in [5, 5.41) is 3.19.